The van der Waals surface area contributed by atoms with Crippen LogP contribution in [0.25, 0.3) is 0 Å². The topological polar surface area (TPSA) is 61.0 Å². The summed E-state index contributed by atoms with van der Waals surface area (Å²) in [6.45, 7) is 6.80. The van der Waals surface area contributed by atoms with Crippen molar-refractivity contribution < 1.29 is 4.74 Å². The van der Waals surface area contributed by atoms with Crippen molar-refractivity contribution in [3.05, 3.63) is 16.0 Å². The van der Waals surface area contributed by atoms with Crippen LogP contribution in [0.2, 0.25) is 0 Å². The van der Waals surface area contributed by atoms with E-state index >= 15 is 0 Å². The largest absolute Gasteiger partial charge is 0.383 e. The fourth-order valence-corrected chi connectivity index (χ4v) is 2.12. The lowest BCUT2D eigenvalue weighted by atomic mass is 10.2. The standard InChI is InChI=1S/C12H20BrN3O/c1-4-7-9(17-6-3)12-15-8(5-2)10(13)11(14)16-12/h9H,4-7H2,1-3H3,(H2,14,15,16). The predicted molar refractivity (Wildman–Crippen MR) is 72.8 cm³/mol. The third-order valence-corrected chi connectivity index (χ3v) is 3.37. The van der Waals surface area contributed by atoms with Crippen LogP contribution in [0.1, 0.15) is 51.2 Å². The summed E-state index contributed by atoms with van der Waals surface area (Å²) in [5.41, 5.74) is 6.81. The lowest BCUT2D eigenvalue weighted by Crippen LogP contribution is -2.12. The molecule has 1 aromatic rings. The van der Waals surface area contributed by atoms with Gasteiger partial charge in [-0.1, -0.05) is 20.3 Å². The molecular weight excluding hydrogens is 282 g/mol. The summed E-state index contributed by atoms with van der Waals surface area (Å²) in [6.07, 6.45) is 2.72. The average molecular weight is 302 g/mol. The van der Waals surface area contributed by atoms with Gasteiger partial charge in [0.05, 0.1) is 10.2 Å². The molecule has 0 aliphatic carbocycles. The molecule has 0 saturated heterocycles. The van der Waals surface area contributed by atoms with Crippen molar-refractivity contribution in [2.75, 3.05) is 12.3 Å². The van der Waals surface area contributed by atoms with E-state index in [0.29, 0.717) is 18.2 Å². The summed E-state index contributed by atoms with van der Waals surface area (Å²) in [5.74, 6) is 1.19. The molecule has 1 atom stereocenters. The van der Waals surface area contributed by atoms with E-state index in [1.807, 2.05) is 13.8 Å². The Hall–Kier alpha value is -0.680. The number of aryl methyl sites for hydroxylation is 1. The number of nitrogens with zero attached hydrogens (tertiary/aromatic N) is 2. The lowest BCUT2D eigenvalue weighted by molar-refractivity contribution is 0.0493. The van der Waals surface area contributed by atoms with Crippen LogP contribution in [0.4, 0.5) is 5.82 Å². The zero-order valence-electron chi connectivity index (χ0n) is 10.7. The van der Waals surface area contributed by atoms with Gasteiger partial charge in [-0.25, -0.2) is 9.97 Å². The maximum absolute atomic E-state index is 5.87. The van der Waals surface area contributed by atoms with E-state index in [2.05, 4.69) is 32.8 Å². The van der Waals surface area contributed by atoms with Crippen molar-refractivity contribution in [1.29, 1.82) is 0 Å². The van der Waals surface area contributed by atoms with E-state index in [-0.39, 0.29) is 6.10 Å². The van der Waals surface area contributed by atoms with Crippen LogP contribution in [0, 0.1) is 0 Å². The van der Waals surface area contributed by atoms with E-state index in [9.17, 15) is 0 Å². The minimum Gasteiger partial charge on any atom is -0.383 e. The van der Waals surface area contributed by atoms with E-state index in [4.69, 9.17) is 10.5 Å². The smallest absolute Gasteiger partial charge is 0.159 e. The van der Waals surface area contributed by atoms with Gasteiger partial charge in [-0.05, 0) is 35.7 Å². The molecule has 0 bridgehead atoms. The molecule has 96 valence electrons. The van der Waals surface area contributed by atoms with Crippen LogP contribution in [-0.2, 0) is 11.2 Å². The molecule has 1 aromatic heterocycles. The number of nitrogen functional groups attached to an aromatic ring is 1. The van der Waals surface area contributed by atoms with Crippen molar-refractivity contribution in [2.45, 2.75) is 46.1 Å². The average Bonchev–Trinajstić information content (AvgIpc) is 2.32. The van der Waals surface area contributed by atoms with Crippen molar-refractivity contribution in [2.24, 2.45) is 0 Å². The number of ether oxygens (including phenoxy) is 1. The first kappa shape index (κ1) is 14.4. The molecule has 0 saturated carbocycles. The zero-order chi connectivity index (χ0) is 12.8. The molecule has 4 nitrogen and oxygen atoms in total. The predicted octanol–water partition coefficient (Wildman–Crippen LogP) is 3.26. The Morgan fingerprint density at radius 2 is 2.00 bits per heavy atom. The third-order valence-electron chi connectivity index (χ3n) is 2.50. The molecule has 5 heteroatoms. The molecule has 2 N–H and O–H groups in total. The van der Waals surface area contributed by atoms with Crippen molar-refractivity contribution in [3.63, 3.8) is 0 Å². The molecule has 1 unspecified atom stereocenters. The van der Waals surface area contributed by atoms with Crippen LogP contribution in [0.5, 0.6) is 0 Å². The van der Waals surface area contributed by atoms with Crippen molar-refractivity contribution in [3.8, 4) is 0 Å². The van der Waals surface area contributed by atoms with Crippen LogP contribution in [0.3, 0.4) is 0 Å². The van der Waals surface area contributed by atoms with Gasteiger partial charge in [0.1, 0.15) is 11.9 Å². The lowest BCUT2D eigenvalue weighted by Gasteiger charge is -2.16. The summed E-state index contributed by atoms with van der Waals surface area (Å²) in [4.78, 5) is 8.84. The van der Waals surface area contributed by atoms with E-state index in [1.165, 1.54) is 0 Å². The number of anilines is 1. The Kier molecular flexibility index (Phi) is 5.85. The van der Waals surface area contributed by atoms with E-state index in [1.54, 1.807) is 0 Å². The minimum absolute atomic E-state index is 0.0503. The highest BCUT2D eigenvalue weighted by atomic mass is 79.9. The van der Waals surface area contributed by atoms with E-state index in [0.717, 1.165) is 29.4 Å². The Balaban J connectivity index is 3.06. The monoisotopic (exact) mass is 301 g/mol. The first-order valence-corrected chi connectivity index (χ1v) is 6.86. The summed E-state index contributed by atoms with van der Waals surface area (Å²) in [6, 6.07) is 0. The fraction of sp³-hybridized carbons (Fsp3) is 0.667. The molecule has 0 aliphatic rings. The number of hydrogen-bond donors (Lipinski definition) is 1. The SMILES string of the molecule is CCCC(OCC)c1nc(N)c(Br)c(CC)n1. The van der Waals surface area contributed by atoms with Crippen LogP contribution in [0.15, 0.2) is 4.47 Å². The van der Waals surface area contributed by atoms with Crippen LogP contribution < -0.4 is 5.73 Å². The fourth-order valence-electron chi connectivity index (χ4n) is 1.66. The maximum atomic E-state index is 5.87. The molecule has 0 amide bonds. The van der Waals surface area contributed by atoms with Crippen LogP contribution in [-0.4, -0.2) is 16.6 Å². The maximum Gasteiger partial charge on any atom is 0.159 e. The van der Waals surface area contributed by atoms with Gasteiger partial charge in [0.2, 0.25) is 0 Å². The number of aromatic nitrogens is 2. The second kappa shape index (κ2) is 6.91. The highest BCUT2D eigenvalue weighted by Gasteiger charge is 2.17. The molecule has 1 rings (SSSR count). The normalized spacial score (nSPS) is 12.7. The van der Waals surface area contributed by atoms with Crippen LogP contribution >= 0.6 is 15.9 Å². The Bertz CT molecular complexity index is 365. The quantitative estimate of drug-likeness (QED) is 0.876. The van der Waals surface area contributed by atoms with Gasteiger partial charge in [-0.15, -0.1) is 0 Å². The van der Waals surface area contributed by atoms with E-state index < -0.39 is 0 Å². The van der Waals surface area contributed by atoms with Gasteiger partial charge in [-0.2, -0.15) is 0 Å². The summed E-state index contributed by atoms with van der Waals surface area (Å²) in [7, 11) is 0. The molecule has 0 aliphatic heterocycles. The Labute approximate surface area is 111 Å². The highest BCUT2D eigenvalue weighted by Crippen LogP contribution is 2.26. The van der Waals surface area contributed by atoms with Crippen molar-refractivity contribution >= 4 is 21.7 Å². The molecule has 0 aromatic carbocycles. The second-order valence-electron chi connectivity index (χ2n) is 3.81. The minimum atomic E-state index is -0.0503. The number of nitrogens with two attached hydrogens (primary N) is 1. The number of rotatable bonds is 6. The zero-order valence-corrected chi connectivity index (χ0v) is 12.2. The second-order valence-corrected chi connectivity index (χ2v) is 4.61. The molecule has 0 radical (unpaired) electrons. The van der Waals surface area contributed by atoms with Gasteiger partial charge >= 0.3 is 0 Å². The highest BCUT2D eigenvalue weighted by molar-refractivity contribution is 9.10. The molecular formula is C12H20BrN3O. The third kappa shape index (κ3) is 3.64. The Morgan fingerprint density at radius 3 is 2.53 bits per heavy atom. The van der Waals surface area contributed by atoms with Gasteiger partial charge < -0.3 is 10.5 Å². The molecule has 17 heavy (non-hydrogen) atoms. The summed E-state index contributed by atoms with van der Waals surface area (Å²) in [5, 5.41) is 0. The summed E-state index contributed by atoms with van der Waals surface area (Å²) >= 11 is 3.41. The molecule has 0 spiro atoms. The van der Waals surface area contributed by atoms with Crippen molar-refractivity contribution in [1.82, 2.24) is 9.97 Å². The van der Waals surface area contributed by atoms with Gasteiger partial charge in [0.25, 0.3) is 0 Å². The first-order valence-electron chi connectivity index (χ1n) is 6.07. The number of halogens is 1. The molecule has 1 heterocycles. The first-order chi connectivity index (χ1) is 8.13. The van der Waals surface area contributed by atoms with Gasteiger partial charge in [-0.3, -0.25) is 0 Å². The number of hydrogen-bond acceptors (Lipinski definition) is 4. The van der Waals surface area contributed by atoms with Gasteiger partial charge in [0.15, 0.2) is 5.82 Å². The Morgan fingerprint density at radius 1 is 1.29 bits per heavy atom. The van der Waals surface area contributed by atoms with Gasteiger partial charge in [0, 0.05) is 6.61 Å². The summed E-state index contributed by atoms with van der Waals surface area (Å²) < 4.78 is 6.47. The molecule has 0 fully saturated rings.